The molecule has 22 heavy (non-hydrogen) atoms. The summed E-state index contributed by atoms with van der Waals surface area (Å²) < 4.78 is 5.43. The number of nitrogens with one attached hydrogen (secondary N) is 1. The van der Waals surface area contributed by atoms with Crippen LogP contribution in [0.1, 0.15) is 24.9 Å². The maximum atomic E-state index is 10.4. The molecular weight excluding hydrogens is 325 g/mol. The van der Waals surface area contributed by atoms with E-state index in [1.54, 1.807) is 6.07 Å². The number of phenolic OH excluding ortho intramolecular Hbond substituents is 1. The molecule has 1 fully saturated rings. The van der Waals surface area contributed by atoms with Crippen molar-refractivity contribution in [3.63, 3.8) is 0 Å². The summed E-state index contributed by atoms with van der Waals surface area (Å²) in [5.74, 6) is 0.649. The Kier molecular flexibility index (Phi) is 9.95. The molecule has 7 heteroatoms. The topological polar surface area (TPSA) is 68.5 Å². The van der Waals surface area contributed by atoms with E-state index >= 15 is 0 Å². The van der Waals surface area contributed by atoms with Crippen molar-refractivity contribution in [3.05, 3.63) is 23.8 Å². The van der Waals surface area contributed by atoms with Crippen LogP contribution < -0.4 is 10.1 Å². The lowest BCUT2D eigenvalue weighted by Gasteiger charge is -2.34. The third-order valence-electron chi connectivity index (χ3n) is 3.57. The van der Waals surface area contributed by atoms with Crippen molar-refractivity contribution in [2.45, 2.75) is 19.4 Å². The molecular formula is C15H23Cl2N3O2. The molecule has 2 rings (SSSR count). The molecule has 1 saturated heterocycles. The number of rotatable bonds is 5. The predicted molar refractivity (Wildman–Crippen MR) is 91.2 cm³/mol. The number of hydrogen-bond donors (Lipinski definition) is 2. The number of nitriles is 1. The number of ether oxygens (including phenoxy) is 1. The summed E-state index contributed by atoms with van der Waals surface area (Å²) in [6.45, 7) is 5.97. The molecule has 0 radical (unpaired) electrons. The molecule has 0 amide bonds. The van der Waals surface area contributed by atoms with Crippen LogP contribution in [0.3, 0.4) is 0 Å². The van der Waals surface area contributed by atoms with Gasteiger partial charge in [0.15, 0.2) is 11.5 Å². The van der Waals surface area contributed by atoms with Gasteiger partial charge >= 0.3 is 0 Å². The molecule has 1 atom stereocenters. The van der Waals surface area contributed by atoms with E-state index in [9.17, 15) is 5.11 Å². The van der Waals surface area contributed by atoms with Crippen molar-refractivity contribution in [1.82, 2.24) is 10.2 Å². The van der Waals surface area contributed by atoms with Crippen molar-refractivity contribution in [2.75, 3.05) is 32.8 Å². The Hall–Kier alpha value is -1.19. The minimum atomic E-state index is -0.0810. The second kappa shape index (κ2) is 10.5. The highest BCUT2D eigenvalue weighted by Crippen LogP contribution is 2.37. The van der Waals surface area contributed by atoms with Gasteiger partial charge in [-0.3, -0.25) is 4.90 Å². The lowest BCUT2D eigenvalue weighted by Crippen LogP contribution is -2.45. The Morgan fingerprint density at radius 3 is 2.64 bits per heavy atom. The van der Waals surface area contributed by atoms with Crippen LogP contribution in [0.15, 0.2) is 18.2 Å². The fourth-order valence-electron chi connectivity index (χ4n) is 2.60. The molecule has 0 aromatic heterocycles. The highest BCUT2D eigenvalue weighted by molar-refractivity contribution is 5.85. The van der Waals surface area contributed by atoms with Crippen molar-refractivity contribution in [1.29, 1.82) is 5.26 Å². The van der Waals surface area contributed by atoms with Crippen LogP contribution in [0.25, 0.3) is 0 Å². The summed E-state index contributed by atoms with van der Waals surface area (Å²) in [6.07, 6.45) is 0.364. The Bertz CT molecular complexity index is 488. The third kappa shape index (κ3) is 4.92. The normalized spacial score (nSPS) is 15.8. The first kappa shape index (κ1) is 20.8. The number of nitrogens with zero attached hydrogens (tertiary/aromatic N) is 2. The first-order valence-electron chi connectivity index (χ1n) is 7.04. The van der Waals surface area contributed by atoms with Crippen molar-refractivity contribution in [2.24, 2.45) is 0 Å². The van der Waals surface area contributed by atoms with E-state index in [4.69, 9.17) is 10.00 Å². The Balaban J connectivity index is 0.00000220. The predicted octanol–water partition coefficient (Wildman–Crippen LogP) is 2.49. The standard InChI is InChI=1S/C15H21N3O2.2ClH/c1-2-20-14-5-3-4-12(15(14)19)13(6-7-16)18-10-8-17-9-11-18;;/h3-5,13,17,19H,2,6,8-11H2,1H3;2*1H/t13-;;/m1../s1. The van der Waals surface area contributed by atoms with E-state index in [0.29, 0.717) is 18.8 Å². The number of para-hydroxylation sites is 1. The van der Waals surface area contributed by atoms with Crippen LogP contribution in [0, 0.1) is 11.3 Å². The van der Waals surface area contributed by atoms with E-state index < -0.39 is 0 Å². The lowest BCUT2D eigenvalue weighted by molar-refractivity contribution is 0.172. The molecule has 1 heterocycles. The van der Waals surface area contributed by atoms with Gasteiger partial charge in [-0.1, -0.05) is 12.1 Å². The third-order valence-corrected chi connectivity index (χ3v) is 3.57. The summed E-state index contributed by atoms with van der Waals surface area (Å²) in [5.41, 5.74) is 0.777. The maximum absolute atomic E-state index is 10.4. The summed E-state index contributed by atoms with van der Waals surface area (Å²) in [4.78, 5) is 2.24. The smallest absolute Gasteiger partial charge is 0.162 e. The van der Waals surface area contributed by atoms with Crippen LogP contribution in [-0.4, -0.2) is 42.8 Å². The molecule has 1 aromatic rings. The van der Waals surface area contributed by atoms with E-state index in [1.165, 1.54) is 0 Å². The molecule has 1 aliphatic heterocycles. The summed E-state index contributed by atoms with van der Waals surface area (Å²) in [7, 11) is 0. The van der Waals surface area contributed by atoms with Crippen LogP contribution >= 0.6 is 24.8 Å². The Labute approximate surface area is 144 Å². The average molecular weight is 348 g/mol. The number of piperazine rings is 1. The van der Waals surface area contributed by atoms with Gasteiger partial charge in [0.05, 0.1) is 25.1 Å². The molecule has 1 aliphatic rings. The molecule has 0 spiro atoms. The number of phenols is 1. The van der Waals surface area contributed by atoms with E-state index in [2.05, 4.69) is 16.3 Å². The van der Waals surface area contributed by atoms with E-state index in [1.807, 2.05) is 19.1 Å². The minimum absolute atomic E-state index is 0. The molecule has 0 unspecified atom stereocenters. The van der Waals surface area contributed by atoms with Gasteiger partial charge in [-0.15, -0.1) is 24.8 Å². The summed E-state index contributed by atoms with van der Waals surface area (Å²) in [5, 5.41) is 22.8. The molecule has 5 nitrogen and oxygen atoms in total. The second-order valence-electron chi connectivity index (χ2n) is 4.79. The maximum Gasteiger partial charge on any atom is 0.162 e. The number of aromatic hydroxyl groups is 1. The van der Waals surface area contributed by atoms with Gasteiger partial charge < -0.3 is 15.2 Å². The molecule has 2 N–H and O–H groups in total. The van der Waals surface area contributed by atoms with Crippen LogP contribution in [0.4, 0.5) is 0 Å². The SMILES string of the molecule is CCOc1cccc([C@@H](CC#N)N2CCNCC2)c1O.Cl.Cl. The fraction of sp³-hybridized carbons (Fsp3) is 0.533. The molecule has 0 aliphatic carbocycles. The van der Waals surface area contributed by atoms with Gasteiger partial charge in [-0.05, 0) is 13.0 Å². The average Bonchev–Trinajstić information content (AvgIpc) is 2.49. The van der Waals surface area contributed by atoms with Crippen LogP contribution in [0.2, 0.25) is 0 Å². The van der Waals surface area contributed by atoms with Crippen molar-refractivity contribution in [3.8, 4) is 17.6 Å². The summed E-state index contributed by atoms with van der Waals surface area (Å²) in [6, 6.07) is 7.65. The molecule has 124 valence electrons. The summed E-state index contributed by atoms with van der Waals surface area (Å²) >= 11 is 0. The second-order valence-corrected chi connectivity index (χ2v) is 4.79. The van der Waals surface area contributed by atoms with Crippen molar-refractivity contribution >= 4 is 24.8 Å². The number of hydrogen-bond acceptors (Lipinski definition) is 5. The van der Waals surface area contributed by atoms with Crippen LogP contribution in [0.5, 0.6) is 11.5 Å². The molecule has 0 bridgehead atoms. The fourth-order valence-corrected chi connectivity index (χ4v) is 2.60. The van der Waals surface area contributed by atoms with Crippen LogP contribution in [-0.2, 0) is 0 Å². The Morgan fingerprint density at radius 1 is 1.36 bits per heavy atom. The van der Waals surface area contributed by atoms with Gasteiger partial charge in [0.1, 0.15) is 0 Å². The largest absolute Gasteiger partial charge is 0.504 e. The number of benzene rings is 1. The van der Waals surface area contributed by atoms with Gasteiger partial charge in [-0.2, -0.15) is 5.26 Å². The zero-order valence-electron chi connectivity index (χ0n) is 12.6. The lowest BCUT2D eigenvalue weighted by atomic mass is 10.00. The quantitative estimate of drug-likeness (QED) is 0.856. The number of halogens is 2. The highest BCUT2D eigenvalue weighted by Gasteiger charge is 2.25. The first-order valence-corrected chi connectivity index (χ1v) is 7.04. The van der Waals surface area contributed by atoms with Crippen molar-refractivity contribution < 1.29 is 9.84 Å². The van der Waals surface area contributed by atoms with E-state index in [-0.39, 0.29) is 36.6 Å². The minimum Gasteiger partial charge on any atom is -0.504 e. The Morgan fingerprint density at radius 2 is 2.05 bits per heavy atom. The van der Waals surface area contributed by atoms with Gasteiger partial charge in [0.25, 0.3) is 0 Å². The first-order chi connectivity index (χ1) is 9.77. The van der Waals surface area contributed by atoms with Gasteiger partial charge in [0, 0.05) is 31.7 Å². The zero-order valence-corrected chi connectivity index (χ0v) is 14.3. The zero-order chi connectivity index (χ0) is 14.4. The van der Waals surface area contributed by atoms with Gasteiger partial charge in [-0.25, -0.2) is 0 Å². The van der Waals surface area contributed by atoms with Gasteiger partial charge in [0.2, 0.25) is 0 Å². The van der Waals surface area contributed by atoms with E-state index in [0.717, 1.165) is 31.7 Å². The highest BCUT2D eigenvalue weighted by atomic mass is 35.5. The molecule has 0 saturated carbocycles. The molecule has 1 aromatic carbocycles. The monoisotopic (exact) mass is 347 g/mol.